The zero-order chi connectivity index (χ0) is 52.6. The summed E-state index contributed by atoms with van der Waals surface area (Å²) in [5.74, 6) is 13.7. The maximum atomic E-state index is 5.05. The number of hydrogen-bond donors (Lipinski definition) is 0. The first-order valence-electron chi connectivity index (χ1n) is 33.0. The van der Waals surface area contributed by atoms with E-state index in [1.807, 2.05) is 6.21 Å². The summed E-state index contributed by atoms with van der Waals surface area (Å²) in [4.78, 5) is 9.92. The van der Waals surface area contributed by atoms with E-state index >= 15 is 0 Å². The maximum Gasteiger partial charge on any atom is 0.0646 e. The van der Waals surface area contributed by atoms with Gasteiger partial charge in [-0.3, -0.25) is 9.98 Å². The van der Waals surface area contributed by atoms with Gasteiger partial charge in [0.2, 0.25) is 0 Å². The highest BCUT2D eigenvalue weighted by atomic mass is 14.8. The Bertz CT molecular complexity index is 1690. The third kappa shape index (κ3) is 45.1. The Morgan fingerprint density at radius 2 is 0.595 bits per heavy atom. The van der Waals surface area contributed by atoms with Crippen molar-refractivity contribution in [3.63, 3.8) is 0 Å². The second-order valence-corrected chi connectivity index (χ2v) is 22.7. The van der Waals surface area contributed by atoms with Crippen LogP contribution in [-0.4, -0.2) is 11.9 Å². The van der Waals surface area contributed by atoms with E-state index in [0.29, 0.717) is 0 Å². The Hall–Kier alpha value is -3.10. The van der Waals surface area contributed by atoms with Crippen LogP contribution in [0.1, 0.15) is 359 Å². The van der Waals surface area contributed by atoms with Gasteiger partial charge in [0.15, 0.2) is 0 Å². The van der Waals surface area contributed by atoms with Crippen molar-refractivity contribution in [2.45, 2.75) is 348 Å². The second-order valence-electron chi connectivity index (χ2n) is 22.7. The highest BCUT2D eigenvalue weighted by Crippen LogP contribution is 2.20. The van der Waals surface area contributed by atoms with Crippen LogP contribution in [0, 0.1) is 23.7 Å². The van der Waals surface area contributed by atoms with Gasteiger partial charge in [-0.05, 0) is 62.1 Å². The molecule has 2 rings (SSSR count). The lowest BCUT2D eigenvalue weighted by molar-refractivity contribution is 0.518. The molecule has 2 aromatic carbocycles. The molecule has 0 bridgehead atoms. The van der Waals surface area contributed by atoms with Crippen molar-refractivity contribution in [3.8, 4) is 23.7 Å². The second kappa shape index (κ2) is 54.7. The van der Waals surface area contributed by atoms with E-state index in [9.17, 15) is 0 Å². The Kier molecular flexibility index (Phi) is 49.5. The zero-order valence-corrected chi connectivity index (χ0v) is 49.7. The van der Waals surface area contributed by atoms with E-state index in [-0.39, 0.29) is 0 Å². The van der Waals surface area contributed by atoms with Crippen molar-refractivity contribution in [2.24, 2.45) is 9.98 Å². The molecule has 2 heteroatoms. The summed E-state index contributed by atoms with van der Waals surface area (Å²) >= 11 is 0. The van der Waals surface area contributed by atoms with Crippen LogP contribution >= 0.6 is 0 Å². The Morgan fingerprint density at radius 3 is 0.905 bits per heavy atom. The lowest BCUT2D eigenvalue weighted by Crippen LogP contribution is -1.99. The smallest absolute Gasteiger partial charge is 0.0646 e. The van der Waals surface area contributed by atoms with Gasteiger partial charge >= 0.3 is 0 Å². The molecule has 0 aliphatic carbocycles. The van der Waals surface area contributed by atoms with Gasteiger partial charge in [-0.15, -0.1) is 0 Å². The molecule has 2 aromatic rings. The molecule has 0 aliphatic heterocycles. The number of rotatable bonds is 52. The van der Waals surface area contributed by atoms with Crippen molar-refractivity contribution in [2.75, 3.05) is 0 Å². The van der Waals surface area contributed by atoms with Crippen LogP contribution in [0.4, 0.5) is 11.4 Å². The fraction of sp³-hybridized carbons (Fsp3) is 0.750. The first kappa shape index (κ1) is 67.0. The summed E-state index contributed by atoms with van der Waals surface area (Å²) in [5.41, 5.74) is 5.00. The number of unbranched alkanes of at least 4 members (excludes halogenated alkanes) is 47. The number of aliphatic imine (C=N–C) groups is 2. The van der Waals surface area contributed by atoms with Gasteiger partial charge < -0.3 is 0 Å². The van der Waals surface area contributed by atoms with Gasteiger partial charge in [0, 0.05) is 30.2 Å². The van der Waals surface area contributed by atoms with Crippen LogP contribution in [0.15, 0.2) is 58.5 Å². The van der Waals surface area contributed by atoms with E-state index in [2.05, 4.69) is 93.0 Å². The molecular formula is C72H120N2. The van der Waals surface area contributed by atoms with Gasteiger partial charge in [-0.1, -0.05) is 346 Å². The quantitative estimate of drug-likeness (QED) is 0.0358. The van der Waals surface area contributed by atoms with E-state index in [1.165, 1.54) is 295 Å². The average molecular weight is 1010 g/mol. The summed E-state index contributed by atoms with van der Waals surface area (Å²) < 4.78 is 0. The number of benzene rings is 2. The van der Waals surface area contributed by atoms with Crippen molar-refractivity contribution < 1.29 is 0 Å². The molecule has 0 unspecified atom stereocenters. The van der Waals surface area contributed by atoms with Gasteiger partial charge in [-0.25, -0.2) is 0 Å². The highest BCUT2D eigenvalue weighted by molar-refractivity contribution is 6.31. The van der Waals surface area contributed by atoms with E-state index in [1.54, 1.807) is 0 Å². The third-order valence-electron chi connectivity index (χ3n) is 15.4. The molecule has 0 amide bonds. The summed E-state index contributed by atoms with van der Waals surface area (Å²) in [7, 11) is 0. The van der Waals surface area contributed by atoms with Crippen LogP contribution in [0.2, 0.25) is 0 Å². The Balaban J connectivity index is 1.50. The molecule has 0 aromatic heterocycles. The molecule has 0 saturated heterocycles. The summed E-state index contributed by atoms with van der Waals surface area (Å²) in [5, 5.41) is 0. The average Bonchev–Trinajstić information content (AvgIpc) is 3.41. The van der Waals surface area contributed by atoms with Gasteiger partial charge in [0.05, 0.1) is 17.1 Å². The van der Waals surface area contributed by atoms with Crippen molar-refractivity contribution >= 4 is 23.3 Å². The van der Waals surface area contributed by atoms with Crippen LogP contribution < -0.4 is 0 Å². The van der Waals surface area contributed by atoms with Crippen molar-refractivity contribution in [3.05, 3.63) is 59.7 Å². The molecule has 0 aliphatic rings. The molecule has 2 nitrogen and oxygen atoms in total. The number of hydrogen-bond acceptors (Lipinski definition) is 2. The van der Waals surface area contributed by atoms with Gasteiger partial charge in [0.25, 0.3) is 0 Å². The minimum Gasteiger partial charge on any atom is -0.255 e. The van der Waals surface area contributed by atoms with Gasteiger partial charge in [-0.2, -0.15) is 0 Å². The topological polar surface area (TPSA) is 24.7 Å². The molecule has 0 spiro atoms. The highest BCUT2D eigenvalue weighted by Gasteiger charge is 2.02. The lowest BCUT2D eigenvalue weighted by atomic mass is 10.0. The molecule has 0 N–H and O–H groups in total. The van der Waals surface area contributed by atoms with Crippen LogP contribution in [0.25, 0.3) is 0 Å². The van der Waals surface area contributed by atoms with Crippen molar-refractivity contribution in [1.82, 2.24) is 0 Å². The minimum absolute atomic E-state index is 0.911. The van der Waals surface area contributed by atoms with E-state index in [4.69, 9.17) is 9.98 Å². The molecule has 418 valence electrons. The number of nitrogens with zero attached hydrogens (tertiary/aromatic N) is 2. The Labute approximate surface area is 462 Å². The Morgan fingerprint density at radius 1 is 0.324 bits per heavy atom. The van der Waals surface area contributed by atoms with E-state index < -0.39 is 0 Å². The van der Waals surface area contributed by atoms with Crippen LogP contribution in [0.3, 0.4) is 0 Å². The normalized spacial score (nSPS) is 11.6. The monoisotopic (exact) mass is 1010 g/mol. The molecule has 0 fully saturated rings. The maximum absolute atomic E-state index is 5.05. The first-order chi connectivity index (χ1) is 36.7. The molecule has 74 heavy (non-hydrogen) atoms. The summed E-state index contributed by atoms with van der Waals surface area (Å²) in [6, 6.07) is 16.8. The predicted molar refractivity (Wildman–Crippen MR) is 334 cm³/mol. The molecule has 0 atom stereocenters. The fourth-order valence-corrected chi connectivity index (χ4v) is 10.5. The van der Waals surface area contributed by atoms with Gasteiger partial charge in [0.1, 0.15) is 0 Å². The molecule has 0 saturated carbocycles. The predicted octanol–water partition coefficient (Wildman–Crippen LogP) is 24.8. The lowest BCUT2D eigenvalue weighted by Gasteiger charge is -2.04. The third-order valence-corrected chi connectivity index (χ3v) is 15.4. The molecule has 0 radical (unpaired) electrons. The standard InChI is InChI=1S/C72H120N2/c1-4-7-10-12-14-16-18-20-22-24-26-28-30-32-34-36-38-40-42-44-46-48-50-52-54-58-68-60-56-63-70(65-68)73-67-72(62-9-6-3)74-71-64-57-61-69(66-71)59-55-53-51-49-47-45-43-41-39-37-35-33-31-29-27-25-23-21-19-17-15-13-11-8-5-2/h56-57,60-61,63-67H,4-53,62H2,1-3H3. The SMILES string of the molecule is CCCCCCCCCCCCCCCCCCCCCCCCCC#Cc1cccc(N=CC(CCCC)=Nc2cccc(C#CCCCCCCCCCCCCCCCCCCCCCCCCC)c2)c1. The molecule has 0 heterocycles. The van der Waals surface area contributed by atoms with Crippen molar-refractivity contribution in [1.29, 1.82) is 0 Å². The fourth-order valence-electron chi connectivity index (χ4n) is 10.5. The first-order valence-corrected chi connectivity index (χ1v) is 33.0. The van der Waals surface area contributed by atoms with Crippen LogP contribution in [-0.2, 0) is 0 Å². The van der Waals surface area contributed by atoms with E-state index in [0.717, 1.165) is 60.3 Å². The van der Waals surface area contributed by atoms with Crippen LogP contribution in [0.5, 0.6) is 0 Å². The zero-order valence-electron chi connectivity index (χ0n) is 49.7. The minimum atomic E-state index is 0.911. The summed E-state index contributed by atoms with van der Waals surface area (Å²) in [6.07, 6.45) is 72.6. The summed E-state index contributed by atoms with van der Waals surface area (Å²) in [6.45, 7) is 6.85. The largest absolute Gasteiger partial charge is 0.255 e. The molecular weight excluding hydrogens is 893 g/mol.